The molecule has 2 aromatic carbocycles. The third-order valence-electron chi connectivity index (χ3n) is 12.4. The highest BCUT2D eigenvalue weighted by atomic mass is 16.4. The number of nitrogens with one attached hydrogen (secondary N) is 8. The number of carbonyl (C=O) groups excluding carboxylic acids is 7. The molecule has 24 heteroatoms. The van der Waals surface area contributed by atoms with Crippen LogP contribution in [-0.2, 0) is 57.6 Å². The quantitative estimate of drug-likeness (QED) is 0.0231. The molecule has 1 fully saturated rings. The third-order valence-corrected chi connectivity index (χ3v) is 12.4. The maximum atomic E-state index is 14.6. The van der Waals surface area contributed by atoms with E-state index < -0.39 is 101 Å². The van der Waals surface area contributed by atoms with E-state index in [1.165, 1.54) is 53.8 Å². The number of aromatic amines is 1. The molecule has 3 aromatic rings. The Morgan fingerprint density at radius 1 is 0.753 bits per heavy atom. The second-order valence-electron chi connectivity index (χ2n) is 18.4. The number of H-pyrrole nitrogens is 1. The molecule has 15 N–H and O–H groups in total. The van der Waals surface area contributed by atoms with Gasteiger partial charge in [-0.25, -0.2) is 9.78 Å². The summed E-state index contributed by atoms with van der Waals surface area (Å²) in [7, 11) is 1.56. The van der Waals surface area contributed by atoms with Gasteiger partial charge < -0.3 is 73.9 Å². The van der Waals surface area contributed by atoms with Gasteiger partial charge in [0, 0.05) is 44.2 Å². The number of rotatable bonds is 28. The number of imidazole rings is 1. The Labute approximate surface area is 423 Å². The number of guanidine groups is 1. The van der Waals surface area contributed by atoms with Crippen LogP contribution < -0.4 is 48.7 Å². The number of likely N-dealkylation sites (tertiary alicyclic amines) is 1. The third kappa shape index (κ3) is 18.1. The number of likely N-dealkylation sites (N-methyl/N-ethyl adjacent to an activating group) is 1. The molecule has 7 amide bonds. The summed E-state index contributed by atoms with van der Waals surface area (Å²) in [5, 5.41) is 48.7. The molecule has 0 unspecified atom stereocenters. The number of aromatic hydroxyl groups is 2. The molecule has 8 atom stereocenters. The molecular formula is C49H71N13O11. The second-order valence-corrected chi connectivity index (χ2v) is 18.4. The summed E-state index contributed by atoms with van der Waals surface area (Å²) in [6, 6.07) is 3.07. The number of carboxylic acid groups (broad SMARTS) is 1. The maximum Gasteiger partial charge on any atom is 0.326 e. The molecule has 1 aliphatic rings. The lowest BCUT2D eigenvalue weighted by Gasteiger charge is -2.32. The zero-order valence-corrected chi connectivity index (χ0v) is 41.9. The van der Waals surface area contributed by atoms with E-state index >= 15 is 0 Å². The lowest BCUT2D eigenvalue weighted by Crippen LogP contribution is -2.62. The van der Waals surface area contributed by atoms with Gasteiger partial charge in [-0.15, -0.1) is 0 Å². The monoisotopic (exact) mass is 1020 g/mol. The molecule has 1 aliphatic heterocycles. The number of aliphatic imine (C=N–C) groups is 1. The van der Waals surface area contributed by atoms with Crippen molar-refractivity contribution < 1.29 is 53.7 Å². The van der Waals surface area contributed by atoms with Gasteiger partial charge >= 0.3 is 5.97 Å². The lowest BCUT2D eigenvalue weighted by molar-refractivity contribution is -0.145. The normalized spacial score (nSPS) is 16.1. The number of phenolic OH excluding ortho intramolecular Hbond substituents is 2. The van der Waals surface area contributed by atoms with Gasteiger partial charge in [0.1, 0.15) is 53.8 Å². The van der Waals surface area contributed by atoms with E-state index in [1.54, 1.807) is 46.9 Å². The first-order valence-electron chi connectivity index (χ1n) is 24.3. The predicted octanol–water partition coefficient (Wildman–Crippen LogP) is -1.19. The number of aliphatic carboxylic acids is 1. The second kappa shape index (κ2) is 28.3. The van der Waals surface area contributed by atoms with Crippen LogP contribution >= 0.6 is 0 Å². The van der Waals surface area contributed by atoms with Crippen molar-refractivity contribution in [3.8, 4) is 11.5 Å². The summed E-state index contributed by atoms with van der Waals surface area (Å²) in [4.78, 5) is 122. The van der Waals surface area contributed by atoms with Crippen LogP contribution in [0.2, 0.25) is 0 Å². The summed E-state index contributed by atoms with van der Waals surface area (Å²) >= 11 is 0. The Hall–Kier alpha value is -7.76. The maximum absolute atomic E-state index is 14.6. The number of carbonyl (C=O) groups is 8. The molecule has 1 saturated heterocycles. The van der Waals surface area contributed by atoms with Gasteiger partial charge in [0.25, 0.3) is 0 Å². The molecule has 4 rings (SSSR count). The summed E-state index contributed by atoms with van der Waals surface area (Å²) in [5.74, 6) is -7.39. The first-order valence-corrected chi connectivity index (χ1v) is 24.3. The molecule has 0 spiro atoms. The Morgan fingerprint density at radius 3 is 1.88 bits per heavy atom. The molecule has 0 saturated carbocycles. The van der Waals surface area contributed by atoms with Crippen molar-refractivity contribution in [3.63, 3.8) is 0 Å². The van der Waals surface area contributed by atoms with Gasteiger partial charge in [-0.05, 0) is 80.0 Å². The number of nitrogens with zero attached hydrogens (tertiary/aromatic N) is 3. The Balaban J connectivity index is 1.58. The summed E-state index contributed by atoms with van der Waals surface area (Å²) in [5.41, 5.74) is 12.4. The first kappa shape index (κ1) is 57.8. The van der Waals surface area contributed by atoms with E-state index in [0.29, 0.717) is 36.1 Å². The van der Waals surface area contributed by atoms with Crippen LogP contribution in [0.1, 0.15) is 76.6 Å². The average molecular weight is 1020 g/mol. The fraction of sp³-hybridized carbons (Fsp3) is 0.510. The highest BCUT2D eigenvalue weighted by Crippen LogP contribution is 2.22. The lowest BCUT2D eigenvalue weighted by atomic mass is 9.96. The molecule has 24 nitrogen and oxygen atoms in total. The van der Waals surface area contributed by atoms with Crippen LogP contribution in [0.3, 0.4) is 0 Å². The van der Waals surface area contributed by atoms with Gasteiger partial charge in [-0.2, -0.15) is 0 Å². The number of amides is 7. The molecule has 398 valence electrons. The van der Waals surface area contributed by atoms with Crippen molar-refractivity contribution in [2.24, 2.45) is 28.3 Å². The molecular weight excluding hydrogens is 947 g/mol. The fourth-order valence-corrected chi connectivity index (χ4v) is 8.18. The smallest absolute Gasteiger partial charge is 0.326 e. The van der Waals surface area contributed by atoms with Gasteiger partial charge in [0.2, 0.25) is 41.4 Å². The van der Waals surface area contributed by atoms with Crippen LogP contribution in [0.4, 0.5) is 0 Å². The fourth-order valence-electron chi connectivity index (χ4n) is 8.18. The number of benzene rings is 2. The van der Waals surface area contributed by atoms with Crippen molar-refractivity contribution in [3.05, 3.63) is 77.9 Å². The molecule has 73 heavy (non-hydrogen) atoms. The highest BCUT2D eigenvalue weighted by Gasteiger charge is 2.41. The molecule has 2 heterocycles. The van der Waals surface area contributed by atoms with Crippen molar-refractivity contribution in [1.29, 1.82) is 0 Å². The zero-order chi connectivity index (χ0) is 53.8. The number of carboxylic acids is 1. The van der Waals surface area contributed by atoms with Crippen LogP contribution in [0.15, 0.2) is 66.0 Å². The van der Waals surface area contributed by atoms with Crippen molar-refractivity contribution >= 4 is 53.3 Å². The van der Waals surface area contributed by atoms with Gasteiger partial charge in [0.15, 0.2) is 5.96 Å². The van der Waals surface area contributed by atoms with E-state index in [9.17, 15) is 53.7 Å². The van der Waals surface area contributed by atoms with E-state index in [2.05, 4.69) is 52.2 Å². The molecule has 0 aliphatic carbocycles. The Bertz CT molecular complexity index is 2360. The van der Waals surface area contributed by atoms with Crippen LogP contribution in [0.5, 0.6) is 11.5 Å². The van der Waals surface area contributed by atoms with Gasteiger partial charge in [0.05, 0.1) is 12.9 Å². The Kier molecular flexibility index (Phi) is 22.4. The number of hydrogen-bond acceptors (Lipinski definition) is 13. The zero-order valence-electron chi connectivity index (χ0n) is 41.9. The van der Waals surface area contributed by atoms with Gasteiger partial charge in [-0.1, -0.05) is 58.4 Å². The molecule has 1 aromatic heterocycles. The minimum absolute atomic E-state index is 0.0123. The minimum atomic E-state index is -1.37. The topological polar surface area (TPSA) is 378 Å². The van der Waals surface area contributed by atoms with Crippen LogP contribution in [-0.4, -0.2) is 152 Å². The number of nitrogens with two attached hydrogens (primary N) is 2. The summed E-state index contributed by atoms with van der Waals surface area (Å²) in [6.45, 7) is 7.08. The number of hydrogen-bond donors (Lipinski definition) is 13. The highest BCUT2D eigenvalue weighted by molar-refractivity contribution is 5.98. The number of phenols is 2. The number of aromatic nitrogens is 2. The van der Waals surface area contributed by atoms with Gasteiger partial charge in [-0.3, -0.25) is 38.6 Å². The van der Waals surface area contributed by atoms with E-state index in [0.717, 1.165) is 0 Å². The van der Waals surface area contributed by atoms with Crippen LogP contribution in [0, 0.1) is 11.8 Å². The van der Waals surface area contributed by atoms with Crippen molar-refractivity contribution in [2.75, 3.05) is 26.7 Å². The minimum Gasteiger partial charge on any atom is -0.508 e. The van der Waals surface area contributed by atoms with Crippen molar-refractivity contribution in [2.45, 2.75) is 121 Å². The average Bonchev–Trinajstić information content (AvgIpc) is 4.06. The SMILES string of the molecule is CC[C@H](C)[C@H](NC(=O)[C@H](Cc1ccc(O)cc1)NC(=O)[C@@H](NC(=O)[C@H](CCCN=C(N)N)NC(=O)CNC)C(C)C)C(=O)N[C@@H](Cc1cnc[nH]1)C(=O)N1CCC[C@H]1C(=O)N[C@H](Cc1ccc(O)cc1)C(=O)O. The summed E-state index contributed by atoms with van der Waals surface area (Å²) < 4.78 is 0. The standard InChI is InChI=1S/C49H71N13O11/c1-6-28(4)41(46(70)58-36(23-31-24-53-26-55-31)47(71)62-20-8-10-38(62)44(68)59-37(48(72)73)22-30-13-17-33(64)18-14-30)61-43(67)35(21-29-11-15-32(63)16-12-29)57-45(69)40(27(2)3)60-42(66)34(56-39(65)25-52-5)9-7-19-54-49(50)51/h11-18,24,26-28,34-38,40-41,52,63-64H,6-10,19-23,25H2,1-5H3,(H,53,55)(H,56,65)(H,57,69)(H,58,70)(H,59,68)(H,60,66)(H,61,67)(H,72,73)(H4,50,51,54)/t28-,34-,35-,36-,37+,38-,40-,41-/m0/s1. The predicted molar refractivity (Wildman–Crippen MR) is 268 cm³/mol. The van der Waals surface area contributed by atoms with E-state index in [4.69, 9.17) is 11.5 Å². The van der Waals surface area contributed by atoms with E-state index in [1.807, 2.05) is 0 Å². The molecule has 0 bridgehead atoms. The first-order chi connectivity index (χ1) is 34.7. The molecule has 0 radical (unpaired) electrons. The van der Waals surface area contributed by atoms with Crippen LogP contribution in [0.25, 0.3) is 0 Å². The largest absolute Gasteiger partial charge is 0.508 e. The van der Waals surface area contributed by atoms with E-state index in [-0.39, 0.29) is 69.2 Å². The summed E-state index contributed by atoms with van der Waals surface area (Å²) in [6.07, 6.45) is 3.94. The van der Waals surface area contributed by atoms with Crippen molar-refractivity contribution in [1.82, 2.24) is 52.1 Å². The Morgan fingerprint density at radius 2 is 1.33 bits per heavy atom.